The second kappa shape index (κ2) is 12.8. The molecule has 0 spiro atoms. The second-order valence-corrected chi connectivity index (χ2v) is 10.9. The second-order valence-electron chi connectivity index (χ2n) is 10.9. The van der Waals surface area contributed by atoms with Gasteiger partial charge in [0, 0.05) is 37.0 Å². The number of fused-ring (bicyclic) bond motifs is 3. The third-order valence-electron chi connectivity index (χ3n) is 8.37. The highest BCUT2D eigenvalue weighted by Crippen LogP contribution is 2.39. The van der Waals surface area contributed by atoms with E-state index in [0.29, 0.717) is 73.7 Å². The first kappa shape index (κ1) is 27.5. The average Bonchev–Trinajstić information content (AvgIpc) is 3.54. The van der Waals surface area contributed by atoms with E-state index in [1.165, 1.54) is 25.7 Å². The molecule has 2 saturated heterocycles. The summed E-state index contributed by atoms with van der Waals surface area (Å²) in [4.78, 5) is 27.9. The lowest BCUT2D eigenvalue weighted by molar-refractivity contribution is -0.123. The number of benzene rings is 2. The monoisotopic (exact) mass is 536 g/mol. The van der Waals surface area contributed by atoms with Gasteiger partial charge in [0.1, 0.15) is 25.1 Å². The van der Waals surface area contributed by atoms with Crippen molar-refractivity contribution in [3.05, 3.63) is 53.6 Å². The van der Waals surface area contributed by atoms with E-state index in [2.05, 4.69) is 10.2 Å². The summed E-state index contributed by atoms with van der Waals surface area (Å²) in [5, 5.41) is 14.6. The standard InChI is InChI=1S/C31H40N2O6/c1-37-25-14-7-21(8-15-25)27(34)5-3-2-4-6-30(35)32-26(20-33-23-10-11-24(33)13-12-23)31(36)22-9-16-28-29(19-22)39-18-17-38-28/h7-9,14-16,19,23-24,26,31,36H,2-6,10-13,17-18,20H2,1H3,(H,32,35)/t23?,24?,26-,31?/m1/s1. The first-order valence-electron chi connectivity index (χ1n) is 14.3. The molecular formula is C31H40N2O6. The van der Waals surface area contributed by atoms with Crippen LogP contribution >= 0.6 is 0 Å². The minimum Gasteiger partial charge on any atom is -0.497 e. The van der Waals surface area contributed by atoms with Gasteiger partial charge in [0.15, 0.2) is 17.3 Å². The average molecular weight is 537 g/mol. The number of amides is 1. The minimum atomic E-state index is -0.855. The molecule has 5 rings (SSSR count). The SMILES string of the molecule is COc1ccc(C(=O)CCCCCC(=O)N[C@H](CN2C3CCC2CC3)C(O)c2ccc3c(c2)OCCO3)cc1. The maximum Gasteiger partial charge on any atom is 0.220 e. The molecule has 2 atom stereocenters. The van der Waals surface area contributed by atoms with Gasteiger partial charge in [0.05, 0.1) is 13.2 Å². The van der Waals surface area contributed by atoms with Crippen molar-refractivity contribution in [2.24, 2.45) is 0 Å². The summed E-state index contributed by atoms with van der Waals surface area (Å²) in [7, 11) is 1.60. The van der Waals surface area contributed by atoms with Crippen LogP contribution in [0.5, 0.6) is 17.2 Å². The molecule has 210 valence electrons. The molecular weight excluding hydrogens is 496 g/mol. The van der Waals surface area contributed by atoms with Crippen LogP contribution in [0.15, 0.2) is 42.5 Å². The van der Waals surface area contributed by atoms with Gasteiger partial charge < -0.3 is 24.6 Å². The van der Waals surface area contributed by atoms with Gasteiger partial charge in [0.25, 0.3) is 0 Å². The highest BCUT2D eigenvalue weighted by molar-refractivity contribution is 5.96. The smallest absolute Gasteiger partial charge is 0.220 e. The van der Waals surface area contributed by atoms with Crippen molar-refractivity contribution < 1.29 is 28.9 Å². The molecule has 1 amide bonds. The number of Topliss-reactive ketones (excluding diaryl/α,β-unsaturated/α-hetero) is 1. The number of ketones is 1. The molecule has 0 radical (unpaired) electrons. The van der Waals surface area contributed by atoms with Gasteiger partial charge in [-0.15, -0.1) is 0 Å². The Bertz CT molecular complexity index is 1120. The molecule has 3 heterocycles. The molecule has 0 aliphatic carbocycles. The van der Waals surface area contributed by atoms with Crippen LogP contribution in [0.25, 0.3) is 0 Å². The number of nitrogens with one attached hydrogen (secondary N) is 1. The van der Waals surface area contributed by atoms with Gasteiger partial charge in [-0.3, -0.25) is 14.5 Å². The molecule has 2 fully saturated rings. The fourth-order valence-electron chi connectivity index (χ4n) is 6.19. The minimum absolute atomic E-state index is 0.0652. The van der Waals surface area contributed by atoms with Crippen molar-refractivity contribution >= 4 is 11.7 Å². The van der Waals surface area contributed by atoms with E-state index in [-0.39, 0.29) is 11.7 Å². The van der Waals surface area contributed by atoms with Crippen LogP contribution in [0, 0.1) is 0 Å². The number of hydrogen-bond donors (Lipinski definition) is 2. The molecule has 3 aliphatic heterocycles. The molecule has 1 unspecified atom stereocenters. The molecule has 0 aromatic heterocycles. The lowest BCUT2D eigenvalue weighted by Gasteiger charge is -2.32. The third kappa shape index (κ3) is 6.73. The van der Waals surface area contributed by atoms with E-state index in [1.807, 2.05) is 18.2 Å². The number of aliphatic hydroxyl groups is 1. The quantitative estimate of drug-likeness (QED) is 0.288. The van der Waals surface area contributed by atoms with Crippen molar-refractivity contribution in [2.75, 3.05) is 26.9 Å². The highest BCUT2D eigenvalue weighted by atomic mass is 16.6. The number of aliphatic hydroxyl groups excluding tert-OH is 1. The largest absolute Gasteiger partial charge is 0.497 e. The number of nitrogens with zero attached hydrogens (tertiary/aromatic N) is 1. The normalized spacial score (nSPS) is 21.4. The van der Waals surface area contributed by atoms with E-state index in [0.717, 1.165) is 18.6 Å². The van der Waals surface area contributed by atoms with Crippen molar-refractivity contribution in [1.82, 2.24) is 10.2 Å². The fourth-order valence-corrected chi connectivity index (χ4v) is 6.19. The Morgan fingerprint density at radius 1 is 0.949 bits per heavy atom. The number of rotatable bonds is 13. The molecule has 2 aromatic rings. The van der Waals surface area contributed by atoms with Crippen molar-refractivity contribution in [3.8, 4) is 17.2 Å². The predicted molar refractivity (Wildman–Crippen MR) is 147 cm³/mol. The first-order chi connectivity index (χ1) is 19.0. The van der Waals surface area contributed by atoms with Gasteiger partial charge in [-0.2, -0.15) is 0 Å². The van der Waals surface area contributed by atoms with E-state index < -0.39 is 12.1 Å². The van der Waals surface area contributed by atoms with Crippen LogP contribution in [0.3, 0.4) is 0 Å². The number of carbonyl (C=O) groups excluding carboxylic acids is 2. The zero-order valence-electron chi connectivity index (χ0n) is 22.8. The maximum atomic E-state index is 13.0. The van der Waals surface area contributed by atoms with E-state index in [4.69, 9.17) is 14.2 Å². The molecule has 2 aromatic carbocycles. The topological polar surface area (TPSA) is 97.3 Å². The van der Waals surface area contributed by atoms with Gasteiger partial charge in [-0.05, 0) is 80.5 Å². The van der Waals surface area contributed by atoms with E-state index >= 15 is 0 Å². The Balaban J connectivity index is 1.13. The summed E-state index contributed by atoms with van der Waals surface area (Å²) in [5.74, 6) is 2.08. The summed E-state index contributed by atoms with van der Waals surface area (Å²) in [6.45, 7) is 1.63. The Morgan fingerprint density at radius 3 is 2.31 bits per heavy atom. The van der Waals surface area contributed by atoms with Crippen molar-refractivity contribution in [3.63, 3.8) is 0 Å². The van der Waals surface area contributed by atoms with Crippen LogP contribution in [0.4, 0.5) is 0 Å². The summed E-state index contributed by atoms with van der Waals surface area (Å²) < 4.78 is 16.5. The van der Waals surface area contributed by atoms with Gasteiger partial charge >= 0.3 is 0 Å². The molecule has 8 nitrogen and oxygen atoms in total. The van der Waals surface area contributed by atoms with Crippen molar-refractivity contribution in [2.45, 2.75) is 82.0 Å². The fraction of sp³-hybridized carbons (Fsp3) is 0.548. The third-order valence-corrected chi connectivity index (χ3v) is 8.37. The molecule has 3 aliphatic rings. The van der Waals surface area contributed by atoms with Crippen LogP contribution in [0.2, 0.25) is 0 Å². The van der Waals surface area contributed by atoms with Crippen LogP contribution in [-0.2, 0) is 4.79 Å². The Morgan fingerprint density at radius 2 is 1.62 bits per heavy atom. The highest BCUT2D eigenvalue weighted by Gasteiger charge is 2.41. The molecule has 0 saturated carbocycles. The maximum absolute atomic E-state index is 13.0. The summed E-state index contributed by atoms with van der Waals surface area (Å²) >= 11 is 0. The van der Waals surface area contributed by atoms with E-state index in [9.17, 15) is 14.7 Å². The van der Waals surface area contributed by atoms with Gasteiger partial charge in [-0.25, -0.2) is 0 Å². The molecule has 2 N–H and O–H groups in total. The number of hydrogen-bond acceptors (Lipinski definition) is 7. The van der Waals surface area contributed by atoms with Crippen LogP contribution in [-0.4, -0.2) is 66.7 Å². The van der Waals surface area contributed by atoms with Gasteiger partial charge in [-0.1, -0.05) is 12.5 Å². The summed E-state index contributed by atoms with van der Waals surface area (Å²) in [6, 6.07) is 13.4. The zero-order valence-corrected chi connectivity index (χ0v) is 22.8. The Labute approximate surface area is 230 Å². The number of carbonyl (C=O) groups is 2. The van der Waals surface area contributed by atoms with Crippen LogP contribution in [0.1, 0.15) is 79.8 Å². The molecule has 8 heteroatoms. The lowest BCUT2D eigenvalue weighted by Crippen LogP contribution is -2.48. The number of unbranched alkanes of at least 4 members (excludes halogenated alkanes) is 2. The predicted octanol–water partition coefficient (Wildman–Crippen LogP) is 4.44. The summed E-state index contributed by atoms with van der Waals surface area (Å²) in [5.41, 5.74) is 1.40. The van der Waals surface area contributed by atoms with Gasteiger partial charge in [0.2, 0.25) is 5.91 Å². The number of ether oxygens (including phenoxy) is 3. The lowest BCUT2D eigenvalue weighted by atomic mass is 10.00. The van der Waals surface area contributed by atoms with E-state index in [1.54, 1.807) is 31.4 Å². The van der Waals surface area contributed by atoms with Crippen LogP contribution < -0.4 is 19.5 Å². The van der Waals surface area contributed by atoms with Crippen molar-refractivity contribution in [1.29, 1.82) is 0 Å². The number of methoxy groups -OCH3 is 1. The Hall–Kier alpha value is -3.10. The first-order valence-corrected chi connectivity index (χ1v) is 14.3. The molecule has 39 heavy (non-hydrogen) atoms. The molecule has 2 bridgehead atoms. The summed E-state index contributed by atoms with van der Waals surface area (Å²) in [6.07, 6.45) is 6.98. The Kier molecular flexibility index (Phi) is 9.04. The zero-order chi connectivity index (χ0) is 27.2.